The van der Waals surface area contributed by atoms with Gasteiger partial charge in [-0.15, -0.1) is 0 Å². The van der Waals surface area contributed by atoms with Gasteiger partial charge in [-0.2, -0.15) is 0 Å². The number of para-hydroxylation sites is 1. The van der Waals surface area contributed by atoms with Crippen LogP contribution in [-0.2, 0) is 17.6 Å². The Hall–Kier alpha value is -2.36. The van der Waals surface area contributed by atoms with E-state index in [0.29, 0.717) is 12.8 Å². The van der Waals surface area contributed by atoms with Gasteiger partial charge in [0.05, 0.1) is 13.0 Å². The third kappa shape index (κ3) is 4.05. The van der Waals surface area contributed by atoms with E-state index in [-0.39, 0.29) is 0 Å². The summed E-state index contributed by atoms with van der Waals surface area (Å²) in [7, 11) is 1.59. The zero-order valence-corrected chi connectivity index (χ0v) is 12.2. The molecule has 21 heavy (non-hydrogen) atoms. The Bertz CT molecular complexity index is 625. The van der Waals surface area contributed by atoms with Gasteiger partial charge < -0.3 is 9.84 Å². The highest BCUT2D eigenvalue weighted by Gasteiger charge is 2.21. The molecule has 2 aromatic rings. The lowest BCUT2D eigenvalue weighted by atomic mass is 9.94. The van der Waals surface area contributed by atoms with Gasteiger partial charge in [0.2, 0.25) is 0 Å². The van der Waals surface area contributed by atoms with E-state index < -0.39 is 11.9 Å². The molecule has 1 aromatic heterocycles. The molecule has 0 saturated carbocycles. The number of hydrogen-bond donors (Lipinski definition) is 1. The van der Waals surface area contributed by atoms with Crippen LogP contribution >= 0.6 is 0 Å². The molecule has 1 unspecified atom stereocenters. The van der Waals surface area contributed by atoms with Crippen molar-refractivity contribution in [3.63, 3.8) is 0 Å². The molecule has 0 fully saturated rings. The number of benzene rings is 1. The largest absolute Gasteiger partial charge is 0.496 e. The molecule has 110 valence electrons. The maximum Gasteiger partial charge on any atom is 0.307 e. The smallest absolute Gasteiger partial charge is 0.307 e. The van der Waals surface area contributed by atoms with Gasteiger partial charge in [-0.1, -0.05) is 24.3 Å². The van der Waals surface area contributed by atoms with Crippen LogP contribution in [0, 0.1) is 12.8 Å². The number of pyridine rings is 1. The van der Waals surface area contributed by atoms with E-state index in [2.05, 4.69) is 4.98 Å². The molecule has 1 N–H and O–H groups in total. The lowest BCUT2D eigenvalue weighted by Crippen LogP contribution is -2.20. The molecule has 0 aliphatic heterocycles. The highest BCUT2D eigenvalue weighted by atomic mass is 16.5. The summed E-state index contributed by atoms with van der Waals surface area (Å²) in [4.78, 5) is 15.9. The fraction of sp³-hybridized carbons (Fsp3) is 0.294. The van der Waals surface area contributed by atoms with Crippen LogP contribution in [0.15, 0.2) is 42.5 Å². The fourth-order valence-electron chi connectivity index (χ4n) is 2.35. The number of aromatic nitrogens is 1. The second kappa shape index (κ2) is 6.88. The van der Waals surface area contributed by atoms with E-state index in [9.17, 15) is 9.90 Å². The number of hydrogen-bond acceptors (Lipinski definition) is 3. The Labute approximate surface area is 124 Å². The normalized spacial score (nSPS) is 11.9. The van der Waals surface area contributed by atoms with Crippen LogP contribution in [0.1, 0.15) is 17.0 Å². The molecule has 1 aromatic carbocycles. The van der Waals surface area contributed by atoms with Gasteiger partial charge in [-0.05, 0) is 37.1 Å². The summed E-state index contributed by atoms with van der Waals surface area (Å²) in [6, 6.07) is 13.2. The zero-order valence-electron chi connectivity index (χ0n) is 12.2. The number of rotatable bonds is 6. The standard InChI is InChI=1S/C17H19NO3/c1-12-6-5-8-15(18-12)11-14(17(19)20)10-13-7-3-4-9-16(13)21-2/h3-9,14H,10-11H2,1-2H3,(H,19,20). The van der Waals surface area contributed by atoms with Crippen molar-refractivity contribution < 1.29 is 14.6 Å². The molecule has 0 saturated heterocycles. The van der Waals surface area contributed by atoms with Crippen LogP contribution in [0.3, 0.4) is 0 Å². The predicted molar refractivity (Wildman–Crippen MR) is 80.5 cm³/mol. The Morgan fingerprint density at radius 2 is 1.95 bits per heavy atom. The van der Waals surface area contributed by atoms with Crippen molar-refractivity contribution in [2.24, 2.45) is 5.92 Å². The number of aliphatic carboxylic acids is 1. The van der Waals surface area contributed by atoms with Crippen LogP contribution in [0.4, 0.5) is 0 Å². The molecule has 0 spiro atoms. The van der Waals surface area contributed by atoms with Crippen molar-refractivity contribution in [3.05, 3.63) is 59.4 Å². The van der Waals surface area contributed by atoms with E-state index >= 15 is 0 Å². The maximum atomic E-state index is 11.5. The number of carbonyl (C=O) groups is 1. The first-order chi connectivity index (χ1) is 10.1. The summed E-state index contributed by atoms with van der Waals surface area (Å²) >= 11 is 0. The van der Waals surface area contributed by atoms with Gasteiger partial charge in [-0.25, -0.2) is 0 Å². The van der Waals surface area contributed by atoms with Gasteiger partial charge in [0.25, 0.3) is 0 Å². The number of carboxylic acid groups (broad SMARTS) is 1. The Kier molecular flexibility index (Phi) is 4.93. The molecule has 2 rings (SSSR count). The monoisotopic (exact) mass is 285 g/mol. The number of nitrogens with zero attached hydrogens (tertiary/aromatic N) is 1. The number of methoxy groups -OCH3 is 1. The Morgan fingerprint density at radius 1 is 1.19 bits per heavy atom. The molecule has 0 aliphatic rings. The molecule has 4 nitrogen and oxygen atoms in total. The lowest BCUT2D eigenvalue weighted by Gasteiger charge is -2.14. The molecule has 0 amide bonds. The van der Waals surface area contributed by atoms with Crippen LogP contribution in [-0.4, -0.2) is 23.2 Å². The SMILES string of the molecule is COc1ccccc1CC(Cc1cccc(C)n1)C(=O)O. The first kappa shape index (κ1) is 15.0. The van der Waals surface area contributed by atoms with E-state index in [1.807, 2.05) is 49.4 Å². The number of aryl methyl sites for hydroxylation is 1. The molecular formula is C17H19NO3. The summed E-state index contributed by atoms with van der Waals surface area (Å²) in [5, 5.41) is 9.46. The average Bonchev–Trinajstić information content (AvgIpc) is 2.47. The van der Waals surface area contributed by atoms with Crippen LogP contribution in [0.2, 0.25) is 0 Å². The fourth-order valence-corrected chi connectivity index (χ4v) is 2.35. The average molecular weight is 285 g/mol. The number of ether oxygens (including phenoxy) is 1. The highest BCUT2D eigenvalue weighted by Crippen LogP contribution is 2.22. The van der Waals surface area contributed by atoms with Gasteiger partial charge in [0.1, 0.15) is 5.75 Å². The Morgan fingerprint density at radius 3 is 2.62 bits per heavy atom. The van der Waals surface area contributed by atoms with Gasteiger partial charge in [0, 0.05) is 17.8 Å². The van der Waals surface area contributed by atoms with Crippen molar-refractivity contribution in [3.8, 4) is 5.75 Å². The third-order valence-corrected chi connectivity index (χ3v) is 3.41. The lowest BCUT2D eigenvalue weighted by molar-refractivity contribution is -0.141. The topological polar surface area (TPSA) is 59.4 Å². The summed E-state index contributed by atoms with van der Waals surface area (Å²) < 4.78 is 5.29. The molecule has 1 atom stereocenters. The maximum absolute atomic E-state index is 11.5. The van der Waals surface area contributed by atoms with Gasteiger partial charge in [-0.3, -0.25) is 9.78 Å². The molecule has 1 heterocycles. The second-order valence-corrected chi connectivity index (χ2v) is 5.03. The zero-order chi connectivity index (χ0) is 15.2. The van der Waals surface area contributed by atoms with Gasteiger partial charge >= 0.3 is 5.97 Å². The quantitative estimate of drug-likeness (QED) is 0.886. The molecular weight excluding hydrogens is 266 g/mol. The van der Waals surface area contributed by atoms with Crippen LogP contribution in [0.25, 0.3) is 0 Å². The summed E-state index contributed by atoms with van der Waals surface area (Å²) in [5.74, 6) is -0.610. The van der Waals surface area contributed by atoms with Crippen molar-refractivity contribution in [2.75, 3.05) is 7.11 Å². The molecule has 0 bridgehead atoms. The third-order valence-electron chi connectivity index (χ3n) is 3.41. The first-order valence-corrected chi connectivity index (χ1v) is 6.87. The van der Waals surface area contributed by atoms with Crippen molar-refractivity contribution >= 4 is 5.97 Å². The highest BCUT2D eigenvalue weighted by molar-refractivity contribution is 5.71. The van der Waals surface area contributed by atoms with E-state index in [1.165, 1.54) is 0 Å². The minimum absolute atomic E-state index is 0.412. The van der Waals surface area contributed by atoms with Gasteiger partial charge in [0.15, 0.2) is 0 Å². The second-order valence-electron chi connectivity index (χ2n) is 5.03. The molecule has 0 radical (unpaired) electrons. The predicted octanol–water partition coefficient (Wildman–Crippen LogP) is 2.88. The van der Waals surface area contributed by atoms with Crippen molar-refractivity contribution in [1.29, 1.82) is 0 Å². The molecule has 0 aliphatic carbocycles. The minimum Gasteiger partial charge on any atom is -0.496 e. The summed E-state index contributed by atoms with van der Waals surface area (Å²) in [6.45, 7) is 1.90. The van der Waals surface area contributed by atoms with Crippen molar-refractivity contribution in [1.82, 2.24) is 4.98 Å². The van der Waals surface area contributed by atoms with E-state index in [0.717, 1.165) is 22.7 Å². The number of carboxylic acids is 1. The van der Waals surface area contributed by atoms with Crippen LogP contribution < -0.4 is 4.74 Å². The van der Waals surface area contributed by atoms with E-state index in [4.69, 9.17) is 4.74 Å². The molecule has 4 heteroatoms. The van der Waals surface area contributed by atoms with Crippen LogP contribution in [0.5, 0.6) is 5.75 Å². The summed E-state index contributed by atoms with van der Waals surface area (Å²) in [6.07, 6.45) is 0.837. The van der Waals surface area contributed by atoms with E-state index in [1.54, 1.807) is 7.11 Å². The minimum atomic E-state index is -0.816. The van der Waals surface area contributed by atoms with Crippen molar-refractivity contribution in [2.45, 2.75) is 19.8 Å². The Balaban J connectivity index is 2.18. The first-order valence-electron chi connectivity index (χ1n) is 6.87. The summed E-state index contributed by atoms with van der Waals surface area (Å²) in [5.41, 5.74) is 2.60.